The molecule has 0 unspecified atom stereocenters. The molecule has 1 N–H and O–H groups in total. The van der Waals surface area contributed by atoms with E-state index in [-0.39, 0.29) is 10.9 Å². The number of halogens is 2. The highest BCUT2D eigenvalue weighted by atomic mass is 79.9. The van der Waals surface area contributed by atoms with Crippen molar-refractivity contribution in [2.24, 2.45) is 0 Å². The maximum atomic E-state index is 13.5. The Bertz CT molecular complexity index is 512. The molecule has 6 heteroatoms. The van der Waals surface area contributed by atoms with Crippen LogP contribution in [0.5, 0.6) is 0 Å². The normalized spacial score (nSPS) is 17.3. The van der Waals surface area contributed by atoms with E-state index in [0.29, 0.717) is 17.3 Å². The number of nitrogens with one attached hydrogen (secondary N) is 1. The Labute approximate surface area is 109 Å². The van der Waals surface area contributed by atoms with Gasteiger partial charge in [0.1, 0.15) is 5.82 Å². The Morgan fingerprint density at radius 1 is 1.29 bits per heavy atom. The van der Waals surface area contributed by atoms with Crippen LogP contribution in [-0.2, 0) is 10.0 Å². The average Bonchev–Trinajstić information content (AvgIpc) is 2.76. The topological polar surface area (TPSA) is 46.2 Å². The zero-order valence-corrected chi connectivity index (χ0v) is 11.5. The maximum absolute atomic E-state index is 13.5. The van der Waals surface area contributed by atoms with Crippen LogP contribution >= 0.6 is 15.9 Å². The molecular formula is C11H13BrFNO2S. The smallest absolute Gasteiger partial charge is 0.235 e. The van der Waals surface area contributed by atoms with Crippen LogP contribution in [0.1, 0.15) is 25.7 Å². The Morgan fingerprint density at radius 3 is 2.53 bits per heavy atom. The van der Waals surface area contributed by atoms with Crippen molar-refractivity contribution in [1.82, 2.24) is 0 Å². The third-order valence-electron chi connectivity index (χ3n) is 2.92. The van der Waals surface area contributed by atoms with Crippen LogP contribution < -0.4 is 4.72 Å². The molecule has 1 saturated carbocycles. The van der Waals surface area contributed by atoms with Crippen molar-refractivity contribution in [3.8, 4) is 0 Å². The van der Waals surface area contributed by atoms with Gasteiger partial charge in [0.2, 0.25) is 10.0 Å². The molecule has 1 aromatic rings. The Morgan fingerprint density at radius 2 is 1.94 bits per heavy atom. The average molecular weight is 322 g/mol. The monoisotopic (exact) mass is 321 g/mol. The molecule has 0 spiro atoms. The molecule has 0 aliphatic heterocycles. The molecule has 94 valence electrons. The molecule has 1 aliphatic carbocycles. The van der Waals surface area contributed by atoms with Gasteiger partial charge in [0.25, 0.3) is 0 Å². The number of hydrogen-bond donors (Lipinski definition) is 1. The molecule has 1 aromatic carbocycles. The zero-order valence-electron chi connectivity index (χ0n) is 9.12. The van der Waals surface area contributed by atoms with Crippen LogP contribution in [0.25, 0.3) is 0 Å². The minimum Gasteiger partial charge on any atom is -0.280 e. The first kappa shape index (κ1) is 12.8. The fourth-order valence-corrected chi connectivity index (χ4v) is 3.93. The van der Waals surface area contributed by atoms with E-state index in [0.717, 1.165) is 12.8 Å². The predicted molar refractivity (Wildman–Crippen MR) is 68.9 cm³/mol. The molecule has 0 radical (unpaired) electrons. The van der Waals surface area contributed by atoms with Crippen LogP contribution in [0.4, 0.5) is 10.1 Å². The second-order valence-corrected chi connectivity index (χ2v) is 7.05. The lowest BCUT2D eigenvalue weighted by Crippen LogP contribution is -2.25. The van der Waals surface area contributed by atoms with Gasteiger partial charge in [0, 0.05) is 4.47 Å². The summed E-state index contributed by atoms with van der Waals surface area (Å²) in [5.74, 6) is -0.569. The van der Waals surface area contributed by atoms with E-state index in [9.17, 15) is 12.8 Å². The molecule has 0 aromatic heterocycles. The molecule has 0 bridgehead atoms. The van der Waals surface area contributed by atoms with Crippen LogP contribution in [0.3, 0.4) is 0 Å². The van der Waals surface area contributed by atoms with Gasteiger partial charge in [-0.2, -0.15) is 0 Å². The highest BCUT2D eigenvalue weighted by Crippen LogP contribution is 2.27. The second-order valence-electron chi connectivity index (χ2n) is 4.18. The third-order valence-corrected chi connectivity index (χ3v) is 5.27. The lowest BCUT2D eigenvalue weighted by molar-refractivity contribution is 0.583. The van der Waals surface area contributed by atoms with Gasteiger partial charge in [-0.1, -0.05) is 28.8 Å². The maximum Gasteiger partial charge on any atom is 0.235 e. The van der Waals surface area contributed by atoms with Crippen molar-refractivity contribution >= 4 is 31.6 Å². The molecule has 17 heavy (non-hydrogen) atoms. The van der Waals surface area contributed by atoms with Crippen LogP contribution in [0.15, 0.2) is 22.7 Å². The summed E-state index contributed by atoms with van der Waals surface area (Å²) in [7, 11) is -3.45. The van der Waals surface area contributed by atoms with E-state index in [1.807, 2.05) is 0 Å². The van der Waals surface area contributed by atoms with Crippen molar-refractivity contribution in [2.45, 2.75) is 30.9 Å². The van der Waals surface area contributed by atoms with Crippen molar-refractivity contribution in [3.05, 3.63) is 28.5 Å². The van der Waals surface area contributed by atoms with E-state index < -0.39 is 15.8 Å². The highest BCUT2D eigenvalue weighted by Gasteiger charge is 2.29. The van der Waals surface area contributed by atoms with Gasteiger partial charge in [0.15, 0.2) is 0 Å². The summed E-state index contributed by atoms with van der Waals surface area (Å²) in [6.45, 7) is 0. The van der Waals surface area contributed by atoms with Crippen molar-refractivity contribution in [2.75, 3.05) is 4.72 Å². The quantitative estimate of drug-likeness (QED) is 0.928. The lowest BCUT2D eigenvalue weighted by Gasteiger charge is -2.13. The third kappa shape index (κ3) is 2.98. The summed E-state index contributed by atoms with van der Waals surface area (Å²) in [6, 6.07) is 4.27. The summed E-state index contributed by atoms with van der Waals surface area (Å²) in [4.78, 5) is 0. The van der Waals surface area contributed by atoms with Gasteiger partial charge in [0.05, 0.1) is 10.9 Å². The molecular weight excluding hydrogens is 309 g/mol. The van der Waals surface area contributed by atoms with E-state index >= 15 is 0 Å². The Kier molecular flexibility index (Phi) is 3.73. The zero-order chi connectivity index (χ0) is 12.5. The molecule has 1 fully saturated rings. The van der Waals surface area contributed by atoms with Crippen molar-refractivity contribution < 1.29 is 12.8 Å². The van der Waals surface area contributed by atoms with Gasteiger partial charge in [-0.25, -0.2) is 12.8 Å². The molecule has 0 atom stereocenters. The van der Waals surface area contributed by atoms with E-state index in [1.165, 1.54) is 12.1 Å². The summed E-state index contributed by atoms with van der Waals surface area (Å²) in [6.07, 6.45) is 3.17. The summed E-state index contributed by atoms with van der Waals surface area (Å²) in [5.41, 5.74) is 0.0140. The van der Waals surface area contributed by atoms with E-state index in [1.54, 1.807) is 6.07 Å². The molecule has 2 rings (SSSR count). The van der Waals surface area contributed by atoms with Gasteiger partial charge in [-0.3, -0.25) is 4.72 Å². The number of sulfonamides is 1. The van der Waals surface area contributed by atoms with E-state index in [2.05, 4.69) is 20.7 Å². The molecule has 3 nitrogen and oxygen atoms in total. The number of benzene rings is 1. The Balaban J connectivity index is 2.19. The Hall–Kier alpha value is -0.620. The highest BCUT2D eigenvalue weighted by molar-refractivity contribution is 9.10. The summed E-state index contributed by atoms with van der Waals surface area (Å²) >= 11 is 3.12. The van der Waals surface area contributed by atoms with Crippen molar-refractivity contribution in [1.29, 1.82) is 0 Å². The molecule has 0 amide bonds. The van der Waals surface area contributed by atoms with Gasteiger partial charge in [-0.05, 0) is 31.0 Å². The largest absolute Gasteiger partial charge is 0.280 e. The first-order valence-electron chi connectivity index (χ1n) is 5.46. The molecule has 0 heterocycles. The molecule has 0 saturated heterocycles. The fourth-order valence-electron chi connectivity index (χ4n) is 2.01. The summed E-state index contributed by atoms with van der Waals surface area (Å²) < 4.78 is 40.3. The fraction of sp³-hybridized carbons (Fsp3) is 0.455. The number of rotatable bonds is 3. The summed E-state index contributed by atoms with van der Waals surface area (Å²) in [5, 5.41) is -0.384. The van der Waals surface area contributed by atoms with Crippen LogP contribution in [-0.4, -0.2) is 13.7 Å². The van der Waals surface area contributed by atoms with Crippen molar-refractivity contribution in [3.63, 3.8) is 0 Å². The molecule has 1 aliphatic rings. The van der Waals surface area contributed by atoms with Crippen LogP contribution in [0, 0.1) is 5.82 Å². The van der Waals surface area contributed by atoms with Gasteiger partial charge < -0.3 is 0 Å². The van der Waals surface area contributed by atoms with E-state index in [4.69, 9.17) is 0 Å². The number of hydrogen-bond acceptors (Lipinski definition) is 2. The minimum absolute atomic E-state index is 0.0140. The van der Waals surface area contributed by atoms with Gasteiger partial charge >= 0.3 is 0 Å². The number of anilines is 1. The van der Waals surface area contributed by atoms with Crippen LogP contribution in [0.2, 0.25) is 0 Å². The lowest BCUT2D eigenvalue weighted by atomic mass is 10.3. The second kappa shape index (κ2) is 4.94. The van der Waals surface area contributed by atoms with Gasteiger partial charge in [-0.15, -0.1) is 0 Å². The first-order chi connectivity index (χ1) is 7.99. The predicted octanol–water partition coefficient (Wildman–Crippen LogP) is 3.27. The minimum atomic E-state index is -3.45. The SMILES string of the molecule is O=S(=O)(Nc1ccc(Br)cc1F)C1CCCC1. The first-order valence-corrected chi connectivity index (χ1v) is 7.79. The standard InChI is InChI=1S/C11H13BrFNO2S/c12-8-5-6-11(10(13)7-8)14-17(15,16)9-3-1-2-4-9/h5-7,9,14H,1-4H2.